The Morgan fingerprint density at radius 2 is 1.81 bits per heavy atom. The van der Waals surface area contributed by atoms with Crippen molar-refractivity contribution in [3.05, 3.63) is 30.3 Å². The summed E-state index contributed by atoms with van der Waals surface area (Å²) in [7, 11) is 0. The lowest BCUT2D eigenvalue weighted by molar-refractivity contribution is -0.144. The Hall–Kier alpha value is -1.92. The van der Waals surface area contributed by atoms with Crippen LogP contribution in [0.2, 0.25) is 0 Å². The van der Waals surface area contributed by atoms with Crippen molar-refractivity contribution in [1.82, 2.24) is 0 Å². The van der Waals surface area contributed by atoms with Gasteiger partial charge in [0.1, 0.15) is 0 Å². The Labute approximate surface area is 88.4 Å². The van der Waals surface area contributed by atoms with Crippen LogP contribution in [-0.4, -0.2) is 18.4 Å². The Bertz CT molecular complexity index is 429. The predicted octanol–water partition coefficient (Wildman–Crippen LogP) is 2.97. The maximum Gasteiger partial charge on any atom is 0.431 e. The molecule has 1 aromatic rings. The number of carbonyl (C=O) groups is 1. The van der Waals surface area contributed by atoms with Gasteiger partial charge >= 0.3 is 12.2 Å². The van der Waals surface area contributed by atoms with Crippen molar-refractivity contribution in [2.75, 3.05) is 4.90 Å². The number of para-hydroxylation sites is 1. The van der Waals surface area contributed by atoms with E-state index in [9.17, 15) is 18.0 Å². The van der Waals surface area contributed by atoms with Crippen LogP contribution in [0.4, 0.5) is 23.7 Å². The third-order valence-electron chi connectivity index (χ3n) is 2.03. The van der Waals surface area contributed by atoms with Crippen molar-refractivity contribution in [2.24, 2.45) is 10.2 Å². The SMILES string of the molecule is O=C1N=NC(C(F)(F)F)N1c1ccccc1. The van der Waals surface area contributed by atoms with Gasteiger partial charge < -0.3 is 0 Å². The highest BCUT2D eigenvalue weighted by Crippen LogP contribution is 2.33. The molecule has 1 unspecified atom stereocenters. The van der Waals surface area contributed by atoms with E-state index in [1.165, 1.54) is 24.3 Å². The molecule has 0 spiro atoms. The Morgan fingerprint density at radius 1 is 1.19 bits per heavy atom. The van der Waals surface area contributed by atoms with Crippen molar-refractivity contribution in [2.45, 2.75) is 12.3 Å². The fraction of sp³-hybridized carbons (Fsp3) is 0.222. The van der Waals surface area contributed by atoms with Gasteiger partial charge in [0.25, 0.3) is 0 Å². The molecule has 1 aliphatic heterocycles. The number of halogens is 3. The molecule has 0 fully saturated rings. The summed E-state index contributed by atoms with van der Waals surface area (Å²) >= 11 is 0. The van der Waals surface area contributed by atoms with Crippen molar-refractivity contribution in [3.8, 4) is 0 Å². The molecule has 0 saturated carbocycles. The molecule has 0 aliphatic carbocycles. The van der Waals surface area contributed by atoms with Gasteiger partial charge in [-0.25, -0.2) is 4.79 Å². The summed E-state index contributed by atoms with van der Waals surface area (Å²) in [6.45, 7) is 0. The van der Waals surface area contributed by atoms with Crippen LogP contribution in [0.3, 0.4) is 0 Å². The van der Waals surface area contributed by atoms with E-state index in [4.69, 9.17) is 0 Å². The van der Waals surface area contributed by atoms with Gasteiger partial charge in [-0.3, -0.25) is 4.90 Å². The van der Waals surface area contributed by atoms with E-state index in [-0.39, 0.29) is 5.69 Å². The van der Waals surface area contributed by atoms with E-state index < -0.39 is 18.4 Å². The number of amides is 2. The molecular formula is C9H6F3N3O. The minimum atomic E-state index is -4.62. The molecule has 0 bridgehead atoms. The number of hydrogen-bond acceptors (Lipinski definition) is 2. The summed E-state index contributed by atoms with van der Waals surface area (Å²) in [6, 6.07) is 6.50. The first-order chi connectivity index (χ1) is 7.50. The molecule has 16 heavy (non-hydrogen) atoms. The number of carbonyl (C=O) groups excluding carboxylic acids is 1. The van der Waals surface area contributed by atoms with Gasteiger partial charge in [-0.1, -0.05) is 23.3 Å². The van der Waals surface area contributed by atoms with E-state index in [0.29, 0.717) is 4.90 Å². The van der Waals surface area contributed by atoms with Crippen LogP contribution in [0.25, 0.3) is 0 Å². The van der Waals surface area contributed by atoms with Crippen LogP contribution in [0.15, 0.2) is 40.6 Å². The molecule has 0 aromatic heterocycles. The van der Waals surface area contributed by atoms with E-state index in [1.54, 1.807) is 6.07 Å². The van der Waals surface area contributed by atoms with Crippen LogP contribution >= 0.6 is 0 Å². The Balaban J connectivity index is 2.36. The second kappa shape index (κ2) is 3.58. The highest BCUT2D eigenvalue weighted by Gasteiger charge is 2.50. The minimum absolute atomic E-state index is 0.125. The monoisotopic (exact) mass is 229 g/mol. The summed E-state index contributed by atoms with van der Waals surface area (Å²) in [5.41, 5.74) is 0.125. The number of urea groups is 1. The molecule has 1 aliphatic rings. The molecule has 4 nitrogen and oxygen atoms in total. The average Bonchev–Trinajstić information content (AvgIpc) is 2.61. The van der Waals surface area contributed by atoms with E-state index >= 15 is 0 Å². The van der Waals surface area contributed by atoms with Crippen LogP contribution in [0, 0.1) is 0 Å². The number of nitrogens with zero attached hydrogens (tertiary/aromatic N) is 3. The van der Waals surface area contributed by atoms with Gasteiger partial charge in [0, 0.05) is 5.69 Å². The highest BCUT2D eigenvalue weighted by molar-refractivity contribution is 5.94. The van der Waals surface area contributed by atoms with Crippen LogP contribution < -0.4 is 4.90 Å². The number of hydrogen-bond donors (Lipinski definition) is 0. The first kappa shape index (κ1) is 10.6. The molecule has 2 amide bonds. The summed E-state index contributed by atoms with van der Waals surface area (Å²) < 4.78 is 37.6. The maximum absolute atomic E-state index is 12.5. The van der Waals surface area contributed by atoms with E-state index in [1.807, 2.05) is 0 Å². The lowest BCUT2D eigenvalue weighted by Gasteiger charge is -2.22. The zero-order valence-corrected chi connectivity index (χ0v) is 7.85. The van der Waals surface area contributed by atoms with Crippen molar-refractivity contribution in [3.63, 3.8) is 0 Å². The molecule has 0 N–H and O–H groups in total. The largest absolute Gasteiger partial charge is 0.431 e. The summed E-state index contributed by atoms with van der Waals surface area (Å²) in [4.78, 5) is 11.7. The zero-order valence-electron chi connectivity index (χ0n) is 7.85. The standard InChI is InChI=1S/C9H6F3N3O/c10-9(11,12)7-13-14-8(16)15(7)6-4-2-1-3-5-6/h1-5,7H. The van der Waals surface area contributed by atoms with Crippen LogP contribution in [0.5, 0.6) is 0 Å². The quantitative estimate of drug-likeness (QED) is 0.730. The van der Waals surface area contributed by atoms with Gasteiger partial charge in [0.15, 0.2) is 0 Å². The molecule has 2 rings (SSSR count). The molecule has 7 heteroatoms. The molecule has 1 heterocycles. The van der Waals surface area contributed by atoms with Gasteiger partial charge in [-0.05, 0) is 12.1 Å². The summed E-state index contributed by atoms with van der Waals surface area (Å²) in [5, 5.41) is 5.86. The van der Waals surface area contributed by atoms with Gasteiger partial charge in [0.05, 0.1) is 0 Å². The molecule has 0 saturated heterocycles. The third-order valence-corrected chi connectivity index (χ3v) is 2.03. The summed E-state index contributed by atoms with van der Waals surface area (Å²) in [5.74, 6) is 0. The highest BCUT2D eigenvalue weighted by atomic mass is 19.4. The fourth-order valence-electron chi connectivity index (χ4n) is 1.36. The zero-order chi connectivity index (χ0) is 11.8. The Kier molecular flexibility index (Phi) is 2.37. The fourth-order valence-corrected chi connectivity index (χ4v) is 1.36. The number of rotatable bonds is 1. The van der Waals surface area contributed by atoms with Crippen LogP contribution in [-0.2, 0) is 0 Å². The molecular weight excluding hydrogens is 223 g/mol. The number of benzene rings is 1. The van der Waals surface area contributed by atoms with Gasteiger partial charge in [0.2, 0.25) is 6.17 Å². The lowest BCUT2D eigenvalue weighted by atomic mass is 10.3. The minimum Gasteiger partial charge on any atom is -0.258 e. The topological polar surface area (TPSA) is 45.0 Å². The molecule has 1 aromatic carbocycles. The van der Waals surface area contributed by atoms with Crippen molar-refractivity contribution >= 4 is 11.7 Å². The molecule has 1 atom stereocenters. The average molecular weight is 229 g/mol. The van der Waals surface area contributed by atoms with E-state index in [2.05, 4.69) is 10.2 Å². The second-order valence-electron chi connectivity index (χ2n) is 3.12. The van der Waals surface area contributed by atoms with Gasteiger partial charge in [-0.2, -0.15) is 13.2 Å². The first-order valence-corrected chi connectivity index (χ1v) is 4.36. The number of alkyl halides is 3. The predicted molar refractivity (Wildman–Crippen MR) is 49.0 cm³/mol. The first-order valence-electron chi connectivity index (χ1n) is 4.36. The smallest absolute Gasteiger partial charge is 0.258 e. The van der Waals surface area contributed by atoms with Crippen molar-refractivity contribution in [1.29, 1.82) is 0 Å². The van der Waals surface area contributed by atoms with E-state index in [0.717, 1.165) is 0 Å². The van der Waals surface area contributed by atoms with Crippen LogP contribution in [0.1, 0.15) is 0 Å². The number of anilines is 1. The number of azo groups is 1. The molecule has 84 valence electrons. The maximum atomic E-state index is 12.5. The normalized spacial score (nSPS) is 20.6. The lowest BCUT2D eigenvalue weighted by Crippen LogP contribution is -2.43. The Morgan fingerprint density at radius 3 is 2.38 bits per heavy atom. The third kappa shape index (κ3) is 1.75. The molecule has 0 radical (unpaired) electrons. The van der Waals surface area contributed by atoms with Crippen molar-refractivity contribution < 1.29 is 18.0 Å². The van der Waals surface area contributed by atoms with Gasteiger partial charge in [-0.15, -0.1) is 5.11 Å². The second-order valence-corrected chi connectivity index (χ2v) is 3.12. The summed E-state index contributed by atoms with van der Waals surface area (Å²) in [6.07, 6.45) is -6.84.